The maximum atomic E-state index is 12.8. The highest BCUT2D eigenvalue weighted by atomic mass is 16.6. The Hall–Kier alpha value is -2.03. The molecule has 0 saturated carbocycles. The van der Waals surface area contributed by atoms with Gasteiger partial charge in [0, 0.05) is 38.8 Å². The summed E-state index contributed by atoms with van der Waals surface area (Å²) in [6, 6.07) is -0.188. The van der Waals surface area contributed by atoms with Crippen LogP contribution in [0.1, 0.15) is 55.4 Å². The average molecular weight is 415 g/mol. The number of hydrogen-bond acceptors (Lipinski definition) is 6. The molecule has 1 aliphatic rings. The van der Waals surface area contributed by atoms with Crippen molar-refractivity contribution in [2.24, 2.45) is 11.1 Å². The molecule has 1 atom stereocenters. The highest BCUT2D eigenvalue weighted by Crippen LogP contribution is 2.20. The normalized spacial score (nSPS) is 18.2. The summed E-state index contributed by atoms with van der Waals surface area (Å²) < 4.78 is 11.0. The molecule has 1 saturated heterocycles. The number of ether oxygens (including phenoxy) is 2. The summed E-state index contributed by atoms with van der Waals surface area (Å²) in [5, 5.41) is 3.31. The maximum absolute atomic E-state index is 12.8. The van der Waals surface area contributed by atoms with E-state index in [-0.39, 0.29) is 25.2 Å². The molecule has 1 rings (SSSR count). The molecule has 9 nitrogen and oxygen atoms in total. The van der Waals surface area contributed by atoms with Crippen molar-refractivity contribution in [3.8, 4) is 0 Å². The molecule has 0 radical (unpaired) electrons. The van der Waals surface area contributed by atoms with Crippen LogP contribution < -0.4 is 11.1 Å². The Labute approximate surface area is 174 Å². The zero-order chi connectivity index (χ0) is 22.6. The van der Waals surface area contributed by atoms with Gasteiger partial charge in [0.25, 0.3) is 0 Å². The smallest absolute Gasteiger partial charge is 0.410 e. The second-order valence-electron chi connectivity index (χ2n) is 10.2. The molecule has 1 fully saturated rings. The van der Waals surface area contributed by atoms with Gasteiger partial charge < -0.3 is 30.3 Å². The monoisotopic (exact) mass is 414 g/mol. The molecular formula is C20H38N4O5. The van der Waals surface area contributed by atoms with Crippen LogP contribution in [0.15, 0.2) is 0 Å². The van der Waals surface area contributed by atoms with Gasteiger partial charge in [0.1, 0.15) is 11.2 Å². The molecule has 0 aromatic carbocycles. The van der Waals surface area contributed by atoms with E-state index < -0.39 is 28.6 Å². The Bertz CT molecular complexity index is 607. The van der Waals surface area contributed by atoms with Gasteiger partial charge in [0.05, 0.1) is 5.41 Å². The van der Waals surface area contributed by atoms with Gasteiger partial charge in [-0.15, -0.1) is 0 Å². The Morgan fingerprint density at radius 1 is 1.03 bits per heavy atom. The SMILES string of the molecule is CC(C)(C)OC(=O)N1CCNC(CN(CC(C)(C)C(N)=O)C(=O)OC(C)(C)C)C1. The number of carbonyl (C=O) groups is 3. The van der Waals surface area contributed by atoms with Crippen LogP contribution in [0.3, 0.4) is 0 Å². The molecule has 168 valence electrons. The van der Waals surface area contributed by atoms with Gasteiger partial charge in [0.15, 0.2) is 0 Å². The molecule has 29 heavy (non-hydrogen) atoms. The Morgan fingerprint density at radius 2 is 1.59 bits per heavy atom. The van der Waals surface area contributed by atoms with Crippen molar-refractivity contribution >= 4 is 18.1 Å². The van der Waals surface area contributed by atoms with E-state index in [2.05, 4.69) is 5.32 Å². The van der Waals surface area contributed by atoms with E-state index in [4.69, 9.17) is 15.2 Å². The maximum Gasteiger partial charge on any atom is 0.410 e. The lowest BCUT2D eigenvalue weighted by Crippen LogP contribution is -2.59. The summed E-state index contributed by atoms with van der Waals surface area (Å²) >= 11 is 0. The fourth-order valence-electron chi connectivity index (χ4n) is 2.79. The first-order chi connectivity index (χ1) is 13.0. The summed E-state index contributed by atoms with van der Waals surface area (Å²) in [4.78, 5) is 40.0. The highest BCUT2D eigenvalue weighted by Gasteiger charge is 2.35. The van der Waals surface area contributed by atoms with Crippen molar-refractivity contribution in [3.05, 3.63) is 0 Å². The van der Waals surface area contributed by atoms with Crippen LogP contribution in [0, 0.1) is 5.41 Å². The summed E-state index contributed by atoms with van der Waals surface area (Å²) in [7, 11) is 0. The summed E-state index contributed by atoms with van der Waals surface area (Å²) in [5.41, 5.74) is 3.33. The minimum absolute atomic E-state index is 0.113. The second-order valence-corrected chi connectivity index (χ2v) is 10.2. The summed E-state index contributed by atoms with van der Waals surface area (Å²) in [6.45, 7) is 16.0. The fourth-order valence-corrected chi connectivity index (χ4v) is 2.79. The van der Waals surface area contributed by atoms with Crippen LogP contribution in [0.2, 0.25) is 0 Å². The average Bonchev–Trinajstić information content (AvgIpc) is 2.51. The standard InChI is InChI=1S/C20H38N4O5/c1-18(2,3)28-16(26)23-10-9-22-14(11-23)12-24(13-20(7,8)15(21)25)17(27)29-19(4,5)6/h14,22H,9-13H2,1-8H3,(H2,21,25). The van der Waals surface area contributed by atoms with Gasteiger partial charge in [-0.3, -0.25) is 4.79 Å². The van der Waals surface area contributed by atoms with E-state index >= 15 is 0 Å². The number of carbonyl (C=O) groups excluding carboxylic acids is 3. The van der Waals surface area contributed by atoms with Gasteiger partial charge in [-0.25, -0.2) is 9.59 Å². The summed E-state index contributed by atoms with van der Waals surface area (Å²) in [6.07, 6.45) is -0.909. The number of primary amides is 1. The molecule has 3 amide bonds. The predicted octanol–water partition coefficient (Wildman–Crippen LogP) is 1.94. The lowest BCUT2D eigenvalue weighted by molar-refractivity contribution is -0.126. The number of rotatable bonds is 5. The molecule has 9 heteroatoms. The number of nitrogens with two attached hydrogens (primary N) is 1. The van der Waals surface area contributed by atoms with E-state index in [0.29, 0.717) is 19.6 Å². The third-order valence-corrected chi connectivity index (χ3v) is 4.25. The molecule has 1 aliphatic heterocycles. The van der Waals surface area contributed by atoms with E-state index in [1.165, 1.54) is 4.90 Å². The van der Waals surface area contributed by atoms with Crippen LogP contribution in [-0.2, 0) is 14.3 Å². The summed E-state index contributed by atoms with van der Waals surface area (Å²) in [5.74, 6) is -0.502. The predicted molar refractivity (Wildman–Crippen MR) is 110 cm³/mol. The van der Waals surface area contributed by atoms with Gasteiger partial charge in [0.2, 0.25) is 5.91 Å². The van der Waals surface area contributed by atoms with Gasteiger partial charge in [-0.05, 0) is 55.4 Å². The van der Waals surface area contributed by atoms with E-state index in [1.807, 2.05) is 20.8 Å². The van der Waals surface area contributed by atoms with Crippen LogP contribution >= 0.6 is 0 Å². The molecule has 1 heterocycles. The minimum atomic E-state index is -0.920. The van der Waals surface area contributed by atoms with Gasteiger partial charge in [-0.2, -0.15) is 0 Å². The van der Waals surface area contributed by atoms with Crippen molar-refractivity contribution in [2.45, 2.75) is 72.6 Å². The van der Waals surface area contributed by atoms with Crippen molar-refractivity contribution in [3.63, 3.8) is 0 Å². The molecule has 0 spiro atoms. The van der Waals surface area contributed by atoms with E-state index in [1.54, 1.807) is 39.5 Å². The van der Waals surface area contributed by atoms with Crippen molar-refractivity contribution < 1.29 is 23.9 Å². The molecule has 3 N–H and O–H groups in total. The van der Waals surface area contributed by atoms with Crippen molar-refractivity contribution in [2.75, 3.05) is 32.7 Å². The number of amides is 3. The second kappa shape index (κ2) is 9.19. The van der Waals surface area contributed by atoms with Crippen molar-refractivity contribution in [1.29, 1.82) is 0 Å². The topological polar surface area (TPSA) is 114 Å². The lowest BCUT2D eigenvalue weighted by Gasteiger charge is -2.39. The Kier molecular flexibility index (Phi) is 7.93. The molecule has 1 unspecified atom stereocenters. The first-order valence-corrected chi connectivity index (χ1v) is 9.99. The minimum Gasteiger partial charge on any atom is -0.444 e. The molecular weight excluding hydrogens is 376 g/mol. The Balaban J connectivity index is 2.90. The van der Waals surface area contributed by atoms with Crippen molar-refractivity contribution in [1.82, 2.24) is 15.1 Å². The lowest BCUT2D eigenvalue weighted by atomic mass is 9.92. The first kappa shape index (κ1) is 25.0. The molecule has 0 aromatic rings. The number of nitrogens with one attached hydrogen (secondary N) is 1. The fraction of sp³-hybridized carbons (Fsp3) is 0.850. The quantitative estimate of drug-likeness (QED) is 0.711. The number of hydrogen-bond donors (Lipinski definition) is 2. The van der Waals surface area contributed by atoms with Crippen LogP contribution in [0.25, 0.3) is 0 Å². The van der Waals surface area contributed by atoms with E-state index in [9.17, 15) is 14.4 Å². The van der Waals surface area contributed by atoms with Gasteiger partial charge >= 0.3 is 12.2 Å². The zero-order valence-electron chi connectivity index (χ0n) is 19.1. The largest absolute Gasteiger partial charge is 0.444 e. The number of piperazine rings is 1. The van der Waals surface area contributed by atoms with Crippen LogP contribution in [0.4, 0.5) is 9.59 Å². The molecule has 0 aromatic heterocycles. The zero-order valence-corrected chi connectivity index (χ0v) is 19.1. The third kappa shape index (κ3) is 8.89. The third-order valence-electron chi connectivity index (χ3n) is 4.25. The van der Waals surface area contributed by atoms with Gasteiger partial charge in [-0.1, -0.05) is 0 Å². The molecule has 0 aliphatic carbocycles. The molecule has 0 bridgehead atoms. The first-order valence-electron chi connectivity index (χ1n) is 9.99. The van der Waals surface area contributed by atoms with E-state index in [0.717, 1.165) is 0 Å². The number of nitrogens with zero attached hydrogens (tertiary/aromatic N) is 2. The van der Waals surface area contributed by atoms with Crippen LogP contribution in [0.5, 0.6) is 0 Å². The van der Waals surface area contributed by atoms with Crippen LogP contribution in [-0.4, -0.2) is 77.9 Å². The highest BCUT2D eigenvalue weighted by molar-refractivity contribution is 5.81. The Morgan fingerprint density at radius 3 is 2.07 bits per heavy atom.